The molecule has 4 saturated carbocycles. The highest BCUT2D eigenvalue weighted by Gasteiger charge is 2.74. The first-order valence-corrected chi connectivity index (χ1v) is 13.8. The van der Waals surface area contributed by atoms with Gasteiger partial charge in [0.15, 0.2) is 5.79 Å². The molecule has 7 rings (SSSR count). The van der Waals surface area contributed by atoms with Gasteiger partial charge in [-0.2, -0.15) is 0 Å². The average molecular weight is 469 g/mol. The number of carbonyl (C=O) groups is 1. The van der Waals surface area contributed by atoms with Crippen LogP contribution in [0.25, 0.3) is 0 Å². The predicted molar refractivity (Wildman–Crippen MR) is 132 cm³/mol. The Labute approximate surface area is 205 Å². The molecule has 7 aliphatic rings. The molecular formula is C30H44O4. The van der Waals surface area contributed by atoms with Gasteiger partial charge in [-0.3, -0.25) is 0 Å². The topological polar surface area (TPSA) is 55.8 Å². The number of rotatable bonds is 2. The summed E-state index contributed by atoms with van der Waals surface area (Å²) in [7, 11) is 0. The molecule has 1 N–H and O–H groups in total. The quantitative estimate of drug-likeness (QED) is 0.388. The van der Waals surface area contributed by atoms with Crippen molar-refractivity contribution in [2.45, 2.75) is 104 Å². The third-order valence-corrected chi connectivity index (χ3v) is 12.9. The van der Waals surface area contributed by atoms with Crippen LogP contribution in [-0.2, 0) is 14.3 Å². The Morgan fingerprint density at radius 2 is 1.74 bits per heavy atom. The largest absolute Gasteiger partial charge is 0.454 e. The van der Waals surface area contributed by atoms with E-state index in [2.05, 4.69) is 34.3 Å². The average Bonchev–Trinajstić information content (AvgIpc) is 3.15. The summed E-state index contributed by atoms with van der Waals surface area (Å²) in [6.07, 6.45) is 11.9. The summed E-state index contributed by atoms with van der Waals surface area (Å²) >= 11 is 0. The fourth-order valence-electron chi connectivity index (χ4n) is 10.7. The van der Waals surface area contributed by atoms with Gasteiger partial charge in [0, 0.05) is 29.2 Å². The van der Waals surface area contributed by atoms with Gasteiger partial charge in [0.25, 0.3) is 0 Å². The summed E-state index contributed by atoms with van der Waals surface area (Å²) in [5, 5.41) is 11.3. The van der Waals surface area contributed by atoms with Crippen LogP contribution in [0.4, 0.5) is 0 Å². The van der Waals surface area contributed by atoms with Gasteiger partial charge in [0.2, 0.25) is 0 Å². The summed E-state index contributed by atoms with van der Waals surface area (Å²) in [4.78, 5) is 12.2. The highest BCUT2D eigenvalue weighted by atomic mass is 16.6. The minimum atomic E-state index is -0.950. The molecule has 2 bridgehead atoms. The summed E-state index contributed by atoms with van der Waals surface area (Å²) in [6.45, 7) is 16.8. The number of fused-ring (bicyclic) bond motifs is 5. The minimum absolute atomic E-state index is 0.160. The molecular weight excluding hydrogens is 424 g/mol. The zero-order chi connectivity index (χ0) is 24.3. The van der Waals surface area contributed by atoms with Crippen LogP contribution in [0, 0.1) is 45.3 Å². The van der Waals surface area contributed by atoms with Crippen LogP contribution in [0.2, 0.25) is 0 Å². The van der Waals surface area contributed by atoms with Crippen LogP contribution in [0.15, 0.2) is 23.8 Å². The number of aliphatic hydroxyl groups is 1. The minimum Gasteiger partial charge on any atom is -0.454 e. The molecule has 4 aliphatic carbocycles. The SMILES string of the molecule is C=C([C@@H]1CC=C(C)C(=O)O1)[C@@H]1CC[C@]2(C)[C@@H]1CC[C@@H]1[C@]34CC[C@@](O)(OC3)C(C)(C)[C@@H]4CC[C@]12C. The first-order valence-electron chi connectivity index (χ1n) is 13.8. The Balaban J connectivity index is 1.30. The van der Waals surface area contributed by atoms with Gasteiger partial charge >= 0.3 is 5.97 Å². The van der Waals surface area contributed by atoms with E-state index < -0.39 is 5.79 Å². The number of ether oxygens (including phenoxy) is 2. The summed E-state index contributed by atoms with van der Waals surface area (Å²) in [6, 6.07) is 0. The lowest BCUT2D eigenvalue weighted by Crippen LogP contribution is -2.73. The second kappa shape index (κ2) is 7.00. The monoisotopic (exact) mass is 468 g/mol. The Morgan fingerprint density at radius 3 is 2.41 bits per heavy atom. The zero-order valence-electron chi connectivity index (χ0n) is 21.9. The Kier molecular flexibility index (Phi) is 4.79. The van der Waals surface area contributed by atoms with E-state index in [-0.39, 0.29) is 33.7 Å². The molecule has 0 aromatic rings. The molecule has 0 unspecified atom stereocenters. The van der Waals surface area contributed by atoms with Crippen molar-refractivity contribution in [2.24, 2.45) is 45.3 Å². The smallest absolute Gasteiger partial charge is 0.333 e. The number of cyclic esters (lactones) is 1. The van der Waals surface area contributed by atoms with E-state index >= 15 is 0 Å². The third kappa shape index (κ3) is 2.60. The number of hydrogen-bond acceptors (Lipinski definition) is 4. The van der Waals surface area contributed by atoms with Crippen LogP contribution in [0.3, 0.4) is 0 Å². The maximum atomic E-state index is 12.2. The zero-order valence-corrected chi connectivity index (χ0v) is 21.9. The Bertz CT molecular complexity index is 953. The highest BCUT2D eigenvalue weighted by molar-refractivity contribution is 5.88. The lowest BCUT2D eigenvalue weighted by Gasteiger charge is -2.74. The standard InChI is InChI=1S/C30H44O4/c1-18-7-9-22(34-25(18)31)19(2)20-11-13-27(5)21(20)8-10-24-28(27,6)14-12-23-26(3,4)30(32)16-15-29(23,24)17-33-30/h7,20-24,32H,2,8-17H2,1,3-6H3/t20-,21+,22-,23-,24-,27+,28+,29+,30+/m0/s1. The van der Waals surface area contributed by atoms with Crippen LogP contribution in [0.1, 0.15) is 92.4 Å². The second-order valence-electron chi connectivity index (χ2n) is 13.9. The van der Waals surface area contributed by atoms with E-state index in [0.29, 0.717) is 23.7 Å². The molecule has 6 fully saturated rings. The molecule has 188 valence electrons. The van der Waals surface area contributed by atoms with E-state index in [0.717, 1.165) is 43.4 Å². The molecule has 34 heavy (non-hydrogen) atoms. The van der Waals surface area contributed by atoms with E-state index in [1.165, 1.54) is 32.1 Å². The summed E-state index contributed by atoms with van der Waals surface area (Å²) in [5.41, 5.74) is 2.43. The van der Waals surface area contributed by atoms with E-state index in [9.17, 15) is 9.90 Å². The predicted octanol–water partition coefficient (Wildman–Crippen LogP) is 6.19. The number of carbonyl (C=O) groups excluding carboxylic acids is 1. The van der Waals surface area contributed by atoms with E-state index in [4.69, 9.17) is 9.47 Å². The van der Waals surface area contributed by atoms with Crippen molar-refractivity contribution in [3.8, 4) is 0 Å². The van der Waals surface area contributed by atoms with Crippen molar-refractivity contribution < 1.29 is 19.4 Å². The Morgan fingerprint density at radius 1 is 1.00 bits per heavy atom. The maximum Gasteiger partial charge on any atom is 0.333 e. The molecule has 3 heterocycles. The van der Waals surface area contributed by atoms with Crippen LogP contribution >= 0.6 is 0 Å². The molecule has 4 nitrogen and oxygen atoms in total. The Hall–Kier alpha value is -1.13. The van der Waals surface area contributed by atoms with Crippen LogP contribution in [0.5, 0.6) is 0 Å². The molecule has 3 aliphatic heterocycles. The van der Waals surface area contributed by atoms with Gasteiger partial charge in [-0.25, -0.2) is 4.79 Å². The molecule has 0 radical (unpaired) electrons. The van der Waals surface area contributed by atoms with Crippen molar-refractivity contribution in [3.63, 3.8) is 0 Å². The molecule has 0 aromatic carbocycles. The fraction of sp³-hybridized carbons (Fsp3) is 0.833. The van der Waals surface area contributed by atoms with Crippen molar-refractivity contribution in [2.75, 3.05) is 6.61 Å². The van der Waals surface area contributed by atoms with Gasteiger partial charge in [-0.1, -0.05) is 40.3 Å². The number of hydrogen-bond donors (Lipinski definition) is 1. The summed E-state index contributed by atoms with van der Waals surface area (Å²) in [5.74, 6) is 1.11. The second-order valence-corrected chi connectivity index (χ2v) is 13.9. The first kappa shape index (κ1) is 23.3. The first-order chi connectivity index (χ1) is 15.9. The number of esters is 1. The molecule has 2 saturated heterocycles. The highest BCUT2D eigenvalue weighted by Crippen LogP contribution is 2.77. The van der Waals surface area contributed by atoms with Crippen molar-refractivity contribution in [1.82, 2.24) is 0 Å². The lowest BCUT2D eigenvalue weighted by molar-refractivity contribution is -0.398. The van der Waals surface area contributed by atoms with Gasteiger partial charge in [-0.15, -0.1) is 0 Å². The van der Waals surface area contributed by atoms with Crippen molar-refractivity contribution >= 4 is 5.97 Å². The van der Waals surface area contributed by atoms with Crippen molar-refractivity contribution in [3.05, 3.63) is 23.8 Å². The molecule has 0 amide bonds. The van der Waals surface area contributed by atoms with Gasteiger partial charge in [0.05, 0.1) is 6.61 Å². The lowest BCUT2D eigenvalue weighted by atomic mass is 9.34. The summed E-state index contributed by atoms with van der Waals surface area (Å²) < 4.78 is 12.1. The van der Waals surface area contributed by atoms with Crippen LogP contribution < -0.4 is 0 Å². The van der Waals surface area contributed by atoms with Gasteiger partial charge < -0.3 is 14.6 Å². The normalized spacial score (nSPS) is 53.3. The molecule has 4 heteroatoms. The van der Waals surface area contributed by atoms with Gasteiger partial charge in [0.1, 0.15) is 6.10 Å². The van der Waals surface area contributed by atoms with Crippen molar-refractivity contribution in [1.29, 1.82) is 0 Å². The molecule has 9 atom stereocenters. The van der Waals surface area contributed by atoms with Gasteiger partial charge in [-0.05, 0) is 91.9 Å². The fourth-order valence-corrected chi connectivity index (χ4v) is 10.7. The van der Waals surface area contributed by atoms with E-state index in [1.807, 2.05) is 13.0 Å². The van der Waals surface area contributed by atoms with Crippen LogP contribution in [-0.4, -0.2) is 29.6 Å². The maximum absolute atomic E-state index is 12.2. The molecule has 0 aromatic heterocycles. The van der Waals surface area contributed by atoms with E-state index in [1.54, 1.807) is 0 Å². The molecule has 1 spiro atoms. The third-order valence-electron chi connectivity index (χ3n) is 12.9.